The summed E-state index contributed by atoms with van der Waals surface area (Å²) < 4.78 is 1.87. The molecule has 4 nitrogen and oxygen atoms in total. The van der Waals surface area contributed by atoms with E-state index in [1.165, 1.54) is 11.1 Å². The molecule has 112 valence electrons. The summed E-state index contributed by atoms with van der Waals surface area (Å²) in [4.78, 5) is 0. The number of aryl methyl sites for hydroxylation is 2. The molecule has 1 heterocycles. The highest BCUT2D eigenvalue weighted by Gasteiger charge is 2.15. The van der Waals surface area contributed by atoms with Crippen molar-refractivity contribution < 1.29 is 0 Å². The van der Waals surface area contributed by atoms with Crippen LogP contribution in [0.1, 0.15) is 23.7 Å². The Labute approximate surface area is 130 Å². The first-order valence-corrected chi connectivity index (χ1v) is 7.54. The fourth-order valence-corrected chi connectivity index (χ4v) is 2.50. The summed E-state index contributed by atoms with van der Waals surface area (Å²) >= 11 is 0. The molecule has 3 rings (SSSR count). The number of rotatable bonds is 4. The van der Waals surface area contributed by atoms with Crippen LogP contribution in [0.3, 0.4) is 0 Å². The van der Waals surface area contributed by atoms with Crippen LogP contribution in [-0.4, -0.2) is 15.0 Å². The van der Waals surface area contributed by atoms with Gasteiger partial charge < -0.3 is 5.73 Å². The third-order valence-electron chi connectivity index (χ3n) is 3.85. The third kappa shape index (κ3) is 2.65. The summed E-state index contributed by atoms with van der Waals surface area (Å²) in [6.07, 6.45) is 1.02. The molecule has 0 unspecified atom stereocenters. The van der Waals surface area contributed by atoms with Gasteiger partial charge in [0, 0.05) is 12.1 Å². The normalized spacial score (nSPS) is 10.9. The van der Waals surface area contributed by atoms with E-state index in [2.05, 4.69) is 72.7 Å². The van der Waals surface area contributed by atoms with E-state index in [-0.39, 0.29) is 0 Å². The lowest BCUT2D eigenvalue weighted by Crippen LogP contribution is -2.02. The maximum atomic E-state index is 5.84. The topological polar surface area (TPSA) is 56.7 Å². The first kappa shape index (κ1) is 14.5. The summed E-state index contributed by atoms with van der Waals surface area (Å²) in [6.45, 7) is 4.59. The number of hydrogen-bond acceptors (Lipinski definition) is 3. The molecule has 0 aliphatic rings. The number of benzene rings is 2. The second-order valence-electron chi connectivity index (χ2n) is 5.39. The van der Waals surface area contributed by atoms with Gasteiger partial charge in [-0.05, 0) is 31.0 Å². The average molecular weight is 292 g/mol. The molecule has 3 aromatic rings. The first-order chi connectivity index (χ1) is 10.7. The van der Waals surface area contributed by atoms with Gasteiger partial charge in [0.2, 0.25) is 0 Å². The number of nitrogens with two attached hydrogens (primary N) is 1. The van der Waals surface area contributed by atoms with Gasteiger partial charge >= 0.3 is 0 Å². The Kier molecular flexibility index (Phi) is 4.02. The van der Waals surface area contributed by atoms with E-state index in [0.29, 0.717) is 6.54 Å². The van der Waals surface area contributed by atoms with E-state index < -0.39 is 0 Å². The predicted molar refractivity (Wildman–Crippen MR) is 88.8 cm³/mol. The Morgan fingerprint density at radius 1 is 1.00 bits per heavy atom. The summed E-state index contributed by atoms with van der Waals surface area (Å²) in [7, 11) is 0. The van der Waals surface area contributed by atoms with Gasteiger partial charge in [0.05, 0.1) is 11.4 Å². The average Bonchev–Trinajstić information content (AvgIpc) is 2.99. The molecule has 0 atom stereocenters. The lowest BCUT2D eigenvalue weighted by Gasteiger charge is -2.09. The lowest BCUT2D eigenvalue weighted by molar-refractivity contribution is 0.799. The highest BCUT2D eigenvalue weighted by Crippen LogP contribution is 2.25. The fraction of sp³-hybridized carbons (Fsp3) is 0.222. The zero-order valence-electron chi connectivity index (χ0n) is 13.0. The summed E-state index contributed by atoms with van der Waals surface area (Å²) in [5.41, 5.74) is 12.2. The van der Waals surface area contributed by atoms with E-state index in [1.54, 1.807) is 0 Å². The zero-order chi connectivity index (χ0) is 15.5. The molecule has 0 saturated heterocycles. The SMILES string of the molecule is CCc1ccc(-n2nnc(CN)c2-c2ccc(C)cc2)cc1. The summed E-state index contributed by atoms with van der Waals surface area (Å²) in [6, 6.07) is 16.8. The molecule has 1 aromatic heterocycles. The fourth-order valence-electron chi connectivity index (χ4n) is 2.50. The van der Waals surface area contributed by atoms with Gasteiger partial charge in [0.15, 0.2) is 0 Å². The van der Waals surface area contributed by atoms with Crippen molar-refractivity contribution >= 4 is 0 Å². The minimum absolute atomic E-state index is 0.371. The van der Waals surface area contributed by atoms with Crippen molar-refractivity contribution in [1.82, 2.24) is 15.0 Å². The van der Waals surface area contributed by atoms with Crippen LogP contribution >= 0.6 is 0 Å². The lowest BCUT2D eigenvalue weighted by atomic mass is 10.1. The van der Waals surface area contributed by atoms with E-state index in [1.807, 2.05) is 4.68 Å². The molecule has 22 heavy (non-hydrogen) atoms. The van der Waals surface area contributed by atoms with E-state index in [4.69, 9.17) is 5.73 Å². The van der Waals surface area contributed by atoms with Gasteiger partial charge in [0.1, 0.15) is 5.69 Å². The van der Waals surface area contributed by atoms with Crippen LogP contribution in [0.25, 0.3) is 16.9 Å². The van der Waals surface area contributed by atoms with Crippen LogP contribution in [0.15, 0.2) is 48.5 Å². The number of nitrogens with zero attached hydrogens (tertiary/aromatic N) is 3. The molecular weight excluding hydrogens is 272 g/mol. The van der Waals surface area contributed by atoms with Crippen LogP contribution in [0.2, 0.25) is 0 Å². The maximum Gasteiger partial charge on any atom is 0.105 e. The van der Waals surface area contributed by atoms with Crippen molar-refractivity contribution in [2.45, 2.75) is 26.8 Å². The molecule has 0 aliphatic heterocycles. The van der Waals surface area contributed by atoms with Gasteiger partial charge in [-0.15, -0.1) is 5.10 Å². The number of aromatic nitrogens is 3. The van der Waals surface area contributed by atoms with Crippen molar-refractivity contribution in [2.75, 3.05) is 0 Å². The summed E-state index contributed by atoms with van der Waals surface area (Å²) in [5.74, 6) is 0. The minimum atomic E-state index is 0.371. The minimum Gasteiger partial charge on any atom is -0.325 e. The zero-order valence-corrected chi connectivity index (χ0v) is 13.0. The molecule has 2 N–H and O–H groups in total. The van der Waals surface area contributed by atoms with Gasteiger partial charge in [-0.3, -0.25) is 0 Å². The molecule has 0 saturated carbocycles. The monoisotopic (exact) mass is 292 g/mol. The Balaban J connectivity index is 2.11. The van der Waals surface area contributed by atoms with E-state index in [0.717, 1.165) is 29.1 Å². The van der Waals surface area contributed by atoms with Crippen LogP contribution in [-0.2, 0) is 13.0 Å². The van der Waals surface area contributed by atoms with Crippen molar-refractivity contribution in [3.63, 3.8) is 0 Å². The molecule has 2 aromatic carbocycles. The van der Waals surface area contributed by atoms with Crippen LogP contribution < -0.4 is 5.73 Å². The van der Waals surface area contributed by atoms with Crippen LogP contribution in [0, 0.1) is 6.92 Å². The van der Waals surface area contributed by atoms with E-state index >= 15 is 0 Å². The summed E-state index contributed by atoms with van der Waals surface area (Å²) in [5, 5.41) is 8.54. The molecular formula is C18H20N4. The molecule has 0 amide bonds. The van der Waals surface area contributed by atoms with Gasteiger partial charge in [0.25, 0.3) is 0 Å². The standard InChI is InChI=1S/C18H20N4/c1-3-14-6-10-16(11-7-14)22-18(17(12-19)20-21-22)15-8-4-13(2)5-9-15/h4-11H,3,12,19H2,1-2H3. The van der Waals surface area contributed by atoms with Crippen molar-refractivity contribution in [3.8, 4) is 16.9 Å². The largest absolute Gasteiger partial charge is 0.325 e. The quantitative estimate of drug-likeness (QED) is 0.803. The van der Waals surface area contributed by atoms with Crippen molar-refractivity contribution in [1.29, 1.82) is 0 Å². The van der Waals surface area contributed by atoms with Crippen LogP contribution in [0.5, 0.6) is 0 Å². The van der Waals surface area contributed by atoms with Gasteiger partial charge in [-0.2, -0.15) is 0 Å². The Hall–Kier alpha value is -2.46. The Bertz CT molecular complexity index is 755. The van der Waals surface area contributed by atoms with Gasteiger partial charge in [-0.25, -0.2) is 4.68 Å². The van der Waals surface area contributed by atoms with Crippen molar-refractivity contribution in [2.24, 2.45) is 5.73 Å². The molecule has 0 fully saturated rings. The molecule has 0 aliphatic carbocycles. The highest BCUT2D eigenvalue weighted by atomic mass is 15.4. The Morgan fingerprint density at radius 2 is 1.68 bits per heavy atom. The molecule has 4 heteroatoms. The van der Waals surface area contributed by atoms with E-state index in [9.17, 15) is 0 Å². The third-order valence-corrected chi connectivity index (χ3v) is 3.85. The van der Waals surface area contributed by atoms with Gasteiger partial charge in [-0.1, -0.05) is 54.1 Å². The first-order valence-electron chi connectivity index (χ1n) is 7.54. The number of hydrogen-bond donors (Lipinski definition) is 1. The van der Waals surface area contributed by atoms with Crippen molar-refractivity contribution in [3.05, 3.63) is 65.4 Å². The smallest absolute Gasteiger partial charge is 0.105 e. The predicted octanol–water partition coefficient (Wildman–Crippen LogP) is 3.26. The second kappa shape index (κ2) is 6.12. The maximum absolute atomic E-state index is 5.84. The molecule has 0 bridgehead atoms. The van der Waals surface area contributed by atoms with Crippen LogP contribution in [0.4, 0.5) is 0 Å². The highest BCUT2D eigenvalue weighted by molar-refractivity contribution is 5.64. The molecule has 0 spiro atoms. The molecule has 0 radical (unpaired) electrons. The Morgan fingerprint density at radius 3 is 2.27 bits per heavy atom. The second-order valence-corrected chi connectivity index (χ2v) is 5.39.